The van der Waals surface area contributed by atoms with E-state index in [4.69, 9.17) is 35.0 Å². The van der Waals surface area contributed by atoms with E-state index < -0.39 is 20.8 Å². The normalized spacial score (nSPS) is 10.6. The number of unbranched alkanes of at least 4 members (excludes halogenated alkanes) is 9. The molecule has 0 aliphatic carbocycles. The zero-order chi connectivity index (χ0) is 18.8. The summed E-state index contributed by atoms with van der Waals surface area (Å²) < 4.78 is 64.7. The average Bonchev–Trinajstić information content (AvgIpc) is 2.33. The van der Waals surface area contributed by atoms with Gasteiger partial charge in [0.05, 0.1) is 0 Å². The van der Waals surface area contributed by atoms with E-state index in [1.165, 1.54) is 95.8 Å². The fourth-order valence-corrected chi connectivity index (χ4v) is 2.24. The second-order valence-electron chi connectivity index (χ2n) is 5.08. The van der Waals surface area contributed by atoms with Crippen LogP contribution in [0.1, 0.15) is 71.1 Å². The Morgan fingerprint density at radius 2 is 0.833 bits per heavy atom. The molecule has 0 aromatic rings. The van der Waals surface area contributed by atoms with Crippen LogP contribution in [-0.4, -0.2) is 73.9 Å². The molecule has 0 bridgehead atoms. The Kier molecular flexibility index (Phi) is 29.9. The molecule has 0 amide bonds. The van der Waals surface area contributed by atoms with Crippen molar-refractivity contribution in [1.82, 2.24) is 0 Å². The quantitative estimate of drug-likeness (QED) is 0.237. The molecule has 146 valence electrons. The fourth-order valence-electron chi connectivity index (χ4n) is 1.74. The first-order chi connectivity index (χ1) is 10.4. The van der Waals surface area contributed by atoms with Crippen LogP contribution < -0.4 is 0 Å². The molecular weight excluding hydrogens is 387 g/mol. The molecule has 8 nitrogen and oxygen atoms in total. The van der Waals surface area contributed by atoms with Crippen LogP contribution in [-0.2, 0) is 20.8 Å². The molecule has 0 aliphatic rings. The van der Waals surface area contributed by atoms with E-state index in [9.17, 15) is 0 Å². The van der Waals surface area contributed by atoms with E-state index >= 15 is 0 Å². The molecule has 0 unspecified atom stereocenters. The molecule has 0 atom stereocenters. The van der Waals surface area contributed by atoms with Crippen molar-refractivity contribution in [2.24, 2.45) is 0 Å². The first kappa shape index (κ1) is 32.6. The molecule has 0 fully saturated rings. The molecule has 4 N–H and O–H groups in total. The van der Waals surface area contributed by atoms with Crippen LogP contribution in [0.25, 0.3) is 0 Å². The van der Waals surface area contributed by atoms with Gasteiger partial charge in [0.2, 0.25) is 0 Å². The molecule has 0 aromatic heterocycles. The van der Waals surface area contributed by atoms with Crippen molar-refractivity contribution < 1.29 is 35.0 Å². The molecule has 12 heteroatoms. The summed E-state index contributed by atoms with van der Waals surface area (Å²) in [7, 11) is -9.33. The largest absolute Gasteiger partial charge is 0.394 e. The second kappa shape index (κ2) is 22.0. The van der Waals surface area contributed by atoms with E-state index in [0.29, 0.717) is 0 Å². The van der Waals surface area contributed by atoms with Crippen LogP contribution in [0.15, 0.2) is 0 Å². The van der Waals surface area contributed by atoms with Gasteiger partial charge in [-0.15, -0.1) is 0 Å². The van der Waals surface area contributed by atoms with Gasteiger partial charge in [0, 0.05) is 0 Å². The smallest absolute Gasteiger partial charge is 0.264 e. The summed E-state index contributed by atoms with van der Waals surface area (Å²) in [5.74, 6) is 0. The topological polar surface area (TPSA) is 149 Å². The third kappa shape index (κ3) is 92.2. The minimum absolute atomic E-state index is 0. The first-order valence-electron chi connectivity index (χ1n) is 7.81. The van der Waals surface area contributed by atoms with Crippen molar-refractivity contribution in [3.63, 3.8) is 0 Å². The first-order valence-corrected chi connectivity index (χ1v) is 12.0. The Morgan fingerprint density at radius 1 is 0.625 bits per heavy atom. The van der Waals surface area contributed by atoms with Gasteiger partial charge >= 0.3 is 124 Å². The molecule has 0 rings (SSSR count). The van der Waals surface area contributed by atoms with Gasteiger partial charge in [-0.25, -0.2) is 0 Å². The Hall–Kier alpha value is 0.957. The van der Waals surface area contributed by atoms with E-state index in [0.717, 1.165) is 0 Å². The number of hydrogen-bond donors (Lipinski definition) is 4. The number of hydrogen-bond acceptors (Lipinski definition) is 4. The van der Waals surface area contributed by atoms with Gasteiger partial charge in [0.25, 0.3) is 0 Å². The monoisotopic (exact) mass is 420 g/mol. The molecular formula is C12H33NaO8S2Si. The van der Waals surface area contributed by atoms with Crippen LogP contribution >= 0.6 is 0 Å². The summed E-state index contributed by atoms with van der Waals surface area (Å²) in [6, 6.07) is 0. The van der Waals surface area contributed by atoms with Crippen LogP contribution in [0.2, 0.25) is 3.67 Å². The third-order valence-corrected chi connectivity index (χ3v) is 3.41. The maximum Gasteiger partial charge on any atom is 0.394 e. The predicted octanol–water partition coefficient (Wildman–Crippen LogP) is 1.74. The zero-order valence-electron chi connectivity index (χ0n) is 14.0. The summed E-state index contributed by atoms with van der Waals surface area (Å²) in [6.45, 7) is 2.29. The van der Waals surface area contributed by atoms with E-state index in [1.807, 2.05) is 0 Å². The van der Waals surface area contributed by atoms with Gasteiger partial charge in [-0.2, -0.15) is 16.8 Å². The summed E-state index contributed by atoms with van der Waals surface area (Å²) in [5, 5.41) is 0. The molecule has 24 heavy (non-hydrogen) atoms. The summed E-state index contributed by atoms with van der Waals surface area (Å²) in [6.07, 6.45) is 14.7. The van der Waals surface area contributed by atoms with Crippen molar-refractivity contribution in [1.29, 1.82) is 0 Å². The molecule has 0 aliphatic heterocycles. The van der Waals surface area contributed by atoms with E-state index in [-0.39, 0.29) is 11.0 Å². The number of rotatable bonds is 10. The minimum Gasteiger partial charge on any atom is -0.264 e. The molecule has 0 saturated carbocycles. The molecule has 0 spiro atoms. The Balaban J connectivity index is -0.000000151. The average molecular weight is 421 g/mol. The van der Waals surface area contributed by atoms with Gasteiger partial charge in [-0.1, -0.05) is 0 Å². The minimum atomic E-state index is -4.67. The van der Waals surface area contributed by atoms with Crippen molar-refractivity contribution in [3.05, 3.63) is 0 Å². The molecule has 0 saturated heterocycles. The second-order valence-corrected chi connectivity index (χ2v) is 7.87. The van der Waals surface area contributed by atoms with Gasteiger partial charge in [0.15, 0.2) is 0 Å². The molecule has 0 radical (unpaired) electrons. The maximum absolute atomic E-state index is 8.74. The summed E-state index contributed by atoms with van der Waals surface area (Å²) in [4.78, 5) is 0. The van der Waals surface area contributed by atoms with Gasteiger partial charge < -0.3 is 0 Å². The third-order valence-electron chi connectivity index (χ3n) is 2.71. The van der Waals surface area contributed by atoms with Gasteiger partial charge in [-0.05, 0) is 11.0 Å². The van der Waals surface area contributed by atoms with Gasteiger partial charge in [-0.3, -0.25) is 18.2 Å². The van der Waals surface area contributed by atoms with Crippen LogP contribution in [0.4, 0.5) is 0 Å². The summed E-state index contributed by atoms with van der Waals surface area (Å²) >= 11 is 1.41. The van der Waals surface area contributed by atoms with Crippen molar-refractivity contribution in [3.8, 4) is 0 Å². The van der Waals surface area contributed by atoms with Crippen LogP contribution in [0.5, 0.6) is 0 Å². The van der Waals surface area contributed by atoms with Crippen LogP contribution in [0.3, 0.4) is 0 Å². The van der Waals surface area contributed by atoms with Crippen molar-refractivity contribution in [2.45, 2.75) is 74.8 Å². The van der Waals surface area contributed by atoms with Crippen LogP contribution in [0, 0.1) is 0 Å². The van der Waals surface area contributed by atoms with Crippen molar-refractivity contribution in [2.75, 3.05) is 0 Å². The Labute approximate surface area is 168 Å². The predicted molar refractivity (Wildman–Crippen MR) is 102 cm³/mol. The Morgan fingerprint density at radius 3 is 1.04 bits per heavy atom. The van der Waals surface area contributed by atoms with Crippen molar-refractivity contribution >= 4 is 59.7 Å². The molecule has 0 heterocycles. The SMILES string of the molecule is CCCCCCCCCCC[CH2][Na].O=S(=O)(O)O.O=S(=O)(O)O.[SiH4]. The van der Waals surface area contributed by atoms with E-state index in [2.05, 4.69) is 6.92 Å². The molecule has 0 aromatic carbocycles. The fraction of sp³-hybridized carbons (Fsp3) is 1.00. The van der Waals surface area contributed by atoms with E-state index in [1.54, 1.807) is 0 Å². The zero-order valence-corrected chi connectivity index (χ0v) is 17.6. The maximum atomic E-state index is 8.74. The Bertz CT molecular complexity index is 372. The van der Waals surface area contributed by atoms with Gasteiger partial charge in [0.1, 0.15) is 0 Å². The summed E-state index contributed by atoms with van der Waals surface area (Å²) in [5.41, 5.74) is 0. The standard InChI is InChI=1S/C12H25.Na.2H2O4S.H4Si/c1-3-5-7-9-11-12-10-8-6-4-2;;2*1-5(2,3)4;/h1,3-12H2,2H3;;2*(H2,1,2,3,4);1H4.